The average Bonchev–Trinajstić information content (AvgIpc) is 3.29. The molecule has 0 aliphatic heterocycles. The van der Waals surface area contributed by atoms with Crippen molar-refractivity contribution < 1.29 is 9.53 Å². The third-order valence-corrected chi connectivity index (χ3v) is 4.61. The number of pyridine rings is 1. The van der Waals surface area contributed by atoms with Crippen molar-refractivity contribution in [3.8, 4) is 28.1 Å². The lowest BCUT2D eigenvalue weighted by atomic mass is 10.0. The first-order chi connectivity index (χ1) is 14.7. The smallest absolute Gasteiger partial charge is 0.319 e. The maximum atomic E-state index is 12.3. The molecule has 0 fully saturated rings. The van der Waals surface area contributed by atoms with Gasteiger partial charge in [-0.3, -0.25) is 10.1 Å². The number of ether oxygens (including phenoxy) is 1. The Morgan fingerprint density at radius 3 is 2.70 bits per heavy atom. The number of hydrogen-bond acceptors (Lipinski definition) is 4. The lowest BCUT2D eigenvalue weighted by Gasteiger charge is -2.10. The minimum absolute atomic E-state index is 0.286. The third kappa shape index (κ3) is 4.47. The van der Waals surface area contributed by atoms with Crippen LogP contribution in [-0.2, 0) is 6.54 Å². The highest BCUT2D eigenvalue weighted by atomic mass is 16.5. The summed E-state index contributed by atoms with van der Waals surface area (Å²) in [5.41, 5.74) is 5.49. The number of carbonyl (C=O) groups is 1. The topological polar surface area (TPSA) is 91.9 Å². The van der Waals surface area contributed by atoms with E-state index in [0.717, 1.165) is 27.9 Å². The highest BCUT2D eigenvalue weighted by Gasteiger charge is 2.11. The molecule has 0 saturated heterocycles. The molecule has 0 aliphatic rings. The van der Waals surface area contributed by atoms with E-state index in [4.69, 9.17) is 4.74 Å². The van der Waals surface area contributed by atoms with E-state index in [2.05, 4.69) is 25.8 Å². The number of urea groups is 1. The van der Waals surface area contributed by atoms with Gasteiger partial charge in [-0.25, -0.2) is 4.79 Å². The molecule has 150 valence electrons. The Morgan fingerprint density at radius 2 is 1.87 bits per heavy atom. The summed E-state index contributed by atoms with van der Waals surface area (Å²) in [7, 11) is 1.59. The molecule has 0 aliphatic carbocycles. The Bertz CT molecular complexity index is 1140. The van der Waals surface area contributed by atoms with Gasteiger partial charge in [0.25, 0.3) is 0 Å². The Balaban J connectivity index is 1.44. The Morgan fingerprint density at radius 1 is 1.03 bits per heavy atom. The van der Waals surface area contributed by atoms with Crippen molar-refractivity contribution >= 4 is 11.7 Å². The number of aromatic nitrogens is 3. The van der Waals surface area contributed by atoms with Crippen molar-refractivity contribution in [3.63, 3.8) is 0 Å². The maximum Gasteiger partial charge on any atom is 0.319 e. The summed E-state index contributed by atoms with van der Waals surface area (Å²) in [5, 5.41) is 13.0. The molecule has 0 radical (unpaired) electrons. The Hall–Kier alpha value is -4.13. The fourth-order valence-electron chi connectivity index (χ4n) is 3.15. The molecule has 4 rings (SSSR count). The van der Waals surface area contributed by atoms with Crippen molar-refractivity contribution in [2.24, 2.45) is 0 Å². The largest absolute Gasteiger partial charge is 0.497 e. The average molecular weight is 399 g/mol. The zero-order valence-corrected chi connectivity index (χ0v) is 16.4. The highest BCUT2D eigenvalue weighted by Crippen LogP contribution is 2.30. The predicted molar refractivity (Wildman–Crippen MR) is 116 cm³/mol. The summed E-state index contributed by atoms with van der Waals surface area (Å²) in [6.45, 7) is 0.388. The number of nitrogens with zero attached hydrogens (tertiary/aromatic N) is 2. The standard InChI is InChI=1S/C23H21N5O2/c1-30-20-7-3-6-19(13-20)27-23(29)25-14-16-4-2-5-18(12-16)22-21(15-26-28-22)17-8-10-24-11-9-17/h2-13,15H,14H2,1H3,(H,26,28)(H2,25,27,29). The first-order valence-electron chi connectivity index (χ1n) is 9.45. The number of amides is 2. The van der Waals surface area contributed by atoms with Gasteiger partial charge in [-0.2, -0.15) is 5.10 Å². The van der Waals surface area contributed by atoms with Crippen molar-refractivity contribution in [2.75, 3.05) is 12.4 Å². The van der Waals surface area contributed by atoms with Crippen LogP contribution in [0.15, 0.2) is 79.3 Å². The molecule has 0 atom stereocenters. The van der Waals surface area contributed by atoms with E-state index >= 15 is 0 Å². The first kappa shape index (κ1) is 19.2. The normalized spacial score (nSPS) is 10.4. The van der Waals surface area contributed by atoms with Gasteiger partial charge in [0.15, 0.2) is 0 Å². The van der Waals surface area contributed by atoms with Gasteiger partial charge < -0.3 is 15.4 Å². The van der Waals surface area contributed by atoms with Crippen molar-refractivity contribution in [2.45, 2.75) is 6.54 Å². The molecule has 2 aromatic heterocycles. The molecule has 0 saturated carbocycles. The van der Waals surface area contributed by atoms with E-state index in [9.17, 15) is 4.79 Å². The molecule has 7 heteroatoms. The number of benzene rings is 2. The van der Waals surface area contributed by atoms with E-state index in [1.807, 2.05) is 54.7 Å². The molecule has 7 nitrogen and oxygen atoms in total. The monoisotopic (exact) mass is 399 g/mol. The van der Waals surface area contributed by atoms with Crippen LogP contribution >= 0.6 is 0 Å². The lowest BCUT2D eigenvalue weighted by molar-refractivity contribution is 0.251. The van der Waals surface area contributed by atoms with Gasteiger partial charge >= 0.3 is 6.03 Å². The summed E-state index contributed by atoms with van der Waals surface area (Å²) in [4.78, 5) is 16.3. The molecule has 0 spiro atoms. The van der Waals surface area contributed by atoms with Crippen LogP contribution in [0, 0.1) is 0 Å². The van der Waals surface area contributed by atoms with Crippen molar-refractivity contribution in [1.82, 2.24) is 20.5 Å². The van der Waals surface area contributed by atoms with Crippen LogP contribution in [0.4, 0.5) is 10.5 Å². The van der Waals surface area contributed by atoms with Crippen molar-refractivity contribution in [1.29, 1.82) is 0 Å². The van der Waals surface area contributed by atoms with Crippen LogP contribution in [0.2, 0.25) is 0 Å². The number of anilines is 1. The summed E-state index contributed by atoms with van der Waals surface area (Å²) in [5.74, 6) is 0.685. The van der Waals surface area contributed by atoms with E-state index in [1.54, 1.807) is 31.6 Å². The van der Waals surface area contributed by atoms with E-state index in [-0.39, 0.29) is 6.03 Å². The van der Waals surface area contributed by atoms with Gasteiger partial charge in [0.2, 0.25) is 0 Å². The second kappa shape index (κ2) is 8.91. The van der Waals surface area contributed by atoms with Crippen LogP contribution < -0.4 is 15.4 Å². The van der Waals surface area contributed by atoms with Crippen LogP contribution in [0.3, 0.4) is 0 Å². The van der Waals surface area contributed by atoms with Crippen molar-refractivity contribution in [3.05, 3.63) is 84.8 Å². The molecule has 2 aromatic carbocycles. The van der Waals surface area contributed by atoms with Gasteiger partial charge in [0.1, 0.15) is 5.75 Å². The first-order valence-corrected chi connectivity index (χ1v) is 9.45. The molecular weight excluding hydrogens is 378 g/mol. The Labute approximate surface area is 174 Å². The number of rotatable bonds is 6. The highest BCUT2D eigenvalue weighted by molar-refractivity contribution is 5.89. The van der Waals surface area contributed by atoms with Crippen LogP contribution in [-0.4, -0.2) is 28.3 Å². The van der Waals surface area contributed by atoms with E-state index in [1.165, 1.54) is 0 Å². The molecule has 2 heterocycles. The zero-order chi connectivity index (χ0) is 20.8. The van der Waals surface area contributed by atoms with E-state index in [0.29, 0.717) is 18.0 Å². The SMILES string of the molecule is COc1cccc(NC(=O)NCc2cccc(-c3n[nH]cc3-c3ccncc3)c2)c1. The number of aromatic amines is 1. The second-order valence-electron chi connectivity index (χ2n) is 6.62. The number of carbonyl (C=O) groups excluding carboxylic acids is 1. The van der Waals surface area contributed by atoms with Gasteiger partial charge in [0.05, 0.1) is 12.8 Å². The van der Waals surface area contributed by atoms with Gasteiger partial charge in [0, 0.05) is 48.0 Å². The fraction of sp³-hybridized carbons (Fsp3) is 0.0870. The van der Waals surface area contributed by atoms with Gasteiger partial charge in [-0.15, -0.1) is 0 Å². The minimum Gasteiger partial charge on any atom is -0.497 e. The summed E-state index contributed by atoms with van der Waals surface area (Å²) in [6.07, 6.45) is 5.39. The third-order valence-electron chi connectivity index (χ3n) is 4.61. The number of methoxy groups -OCH3 is 1. The fourth-order valence-corrected chi connectivity index (χ4v) is 3.15. The molecule has 0 unspecified atom stereocenters. The lowest BCUT2D eigenvalue weighted by Crippen LogP contribution is -2.28. The number of H-pyrrole nitrogens is 1. The Kier molecular flexibility index (Phi) is 5.70. The quantitative estimate of drug-likeness (QED) is 0.446. The van der Waals surface area contributed by atoms with Gasteiger partial charge in [-0.05, 0) is 41.5 Å². The molecule has 0 bridgehead atoms. The van der Waals surface area contributed by atoms with Crippen LogP contribution in [0.1, 0.15) is 5.56 Å². The minimum atomic E-state index is -0.286. The predicted octanol–water partition coefficient (Wildman–Crippen LogP) is 4.47. The molecule has 4 aromatic rings. The van der Waals surface area contributed by atoms with E-state index < -0.39 is 0 Å². The summed E-state index contributed by atoms with van der Waals surface area (Å²) < 4.78 is 5.17. The molecule has 3 N–H and O–H groups in total. The van der Waals surface area contributed by atoms with Crippen LogP contribution in [0.25, 0.3) is 22.4 Å². The second-order valence-corrected chi connectivity index (χ2v) is 6.62. The summed E-state index contributed by atoms with van der Waals surface area (Å²) >= 11 is 0. The number of hydrogen-bond donors (Lipinski definition) is 3. The molecule has 30 heavy (non-hydrogen) atoms. The molecule has 2 amide bonds. The maximum absolute atomic E-state index is 12.3. The zero-order valence-electron chi connectivity index (χ0n) is 16.4. The summed E-state index contributed by atoms with van der Waals surface area (Å²) in [6, 6.07) is 18.8. The van der Waals surface area contributed by atoms with Crippen LogP contribution in [0.5, 0.6) is 5.75 Å². The molecular formula is C23H21N5O2. The number of nitrogens with one attached hydrogen (secondary N) is 3. The van der Waals surface area contributed by atoms with Gasteiger partial charge in [-0.1, -0.05) is 24.3 Å².